The van der Waals surface area contributed by atoms with Gasteiger partial charge in [0.15, 0.2) is 5.69 Å². The topological polar surface area (TPSA) is 215 Å². The molecule has 2 aromatic rings. The predicted octanol–water partition coefficient (Wildman–Crippen LogP) is 3.59. The highest BCUT2D eigenvalue weighted by atomic mass is 16.5. The molecule has 0 aliphatic carbocycles. The Morgan fingerprint density at radius 1 is 1.08 bits per heavy atom. The molecular weight excluding hydrogens is 636 g/mol. The number of aromatic nitrogens is 1. The van der Waals surface area contributed by atoms with Crippen molar-refractivity contribution in [3.63, 3.8) is 0 Å². The van der Waals surface area contributed by atoms with Crippen LogP contribution in [0.25, 0.3) is 11.5 Å². The van der Waals surface area contributed by atoms with E-state index in [0.717, 1.165) is 32.1 Å². The summed E-state index contributed by atoms with van der Waals surface area (Å²) in [6.45, 7) is 3.87. The quantitative estimate of drug-likeness (QED) is 0.0515. The summed E-state index contributed by atoms with van der Waals surface area (Å²) >= 11 is 0. The van der Waals surface area contributed by atoms with Gasteiger partial charge in [-0.15, -0.1) is 0 Å². The standard InChI is InChI=1S/C34H50N6O9/c1-3-4-5-6-7-14-24(21-29(43)36-27-17-11-13-20-40(48)34(27)46)35-31(44)26(16-10-12-19-39(47)22-41)37-32(45)30-23(2)49-33(38-30)25-15-8-9-18-28(25)42/h8-9,15,18,22,24,26-27,42,47-48H,3-7,10-14,16-17,19-21H2,1-2H3,(H,35,44)(H,36,43)(H,37,45)/t24-,26+,27+/m1/s1. The van der Waals surface area contributed by atoms with Gasteiger partial charge in [0, 0.05) is 25.6 Å². The average molecular weight is 687 g/mol. The molecule has 270 valence electrons. The van der Waals surface area contributed by atoms with Crippen LogP contribution in [-0.2, 0) is 19.2 Å². The van der Waals surface area contributed by atoms with Crippen molar-refractivity contribution < 1.29 is 43.9 Å². The molecule has 1 aromatic heterocycles. The Balaban J connectivity index is 1.75. The molecule has 2 heterocycles. The number of unbranched alkanes of at least 4 members (excludes halogenated alkanes) is 5. The minimum absolute atomic E-state index is 0.0316. The van der Waals surface area contributed by atoms with Crippen molar-refractivity contribution in [2.24, 2.45) is 0 Å². The number of rotatable bonds is 20. The van der Waals surface area contributed by atoms with Crippen LogP contribution in [0.5, 0.6) is 5.75 Å². The highest BCUT2D eigenvalue weighted by molar-refractivity contribution is 5.97. The van der Waals surface area contributed by atoms with Crippen molar-refractivity contribution in [2.75, 3.05) is 13.1 Å². The predicted molar refractivity (Wildman–Crippen MR) is 177 cm³/mol. The average Bonchev–Trinajstić information content (AvgIpc) is 3.40. The minimum atomic E-state index is -1.07. The SMILES string of the molecule is CCCCCCC[C@H](CC(=O)N[C@H]1CCCCN(O)C1=O)NC(=O)[C@H](CCCCN(O)C=O)NC(=O)c1nc(-c2ccccc2O)oc1C. The van der Waals surface area contributed by atoms with Gasteiger partial charge in [-0.05, 0) is 64.0 Å². The fourth-order valence-electron chi connectivity index (χ4n) is 5.70. The second kappa shape index (κ2) is 20.1. The first kappa shape index (κ1) is 38.9. The number of phenolic OH excluding ortho intramolecular Hbond substituents is 1. The van der Waals surface area contributed by atoms with Crippen molar-refractivity contribution in [3.05, 3.63) is 35.7 Å². The lowest BCUT2D eigenvalue weighted by atomic mass is 10.0. The molecular formula is C34H50N6O9. The number of aromatic hydroxyl groups is 1. The Morgan fingerprint density at radius 3 is 2.55 bits per heavy atom. The van der Waals surface area contributed by atoms with Gasteiger partial charge in [-0.2, -0.15) is 0 Å². The van der Waals surface area contributed by atoms with Crippen molar-refractivity contribution in [1.82, 2.24) is 31.1 Å². The molecule has 1 aromatic carbocycles. The number of nitrogens with zero attached hydrogens (tertiary/aromatic N) is 3. The summed E-state index contributed by atoms with van der Waals surface area (Å²) in [5, 5.41) is 39.1. The van der Waals surface area contributed by atoms with Crippen LogP contribution >= 0.6 is 0 Å². The molecule has 0 bridgehead atoms. The minimum Gasteiger partial charge on any atom is -0.507 e. The summed E-state index contributed by atoms with van der Waals surface area (Å²) in [6.07, 6.45) is 7.94. The van der Waals surface area contributed by atoms with Crippen LogP contribution in [0.15, 0.2) is 28.7 Å². The maximum absolute atomic E-state index is 13.8. The number of amides is 5. The number of carbonyl (C=O) groups excluding carboxylic acids is 5. The van der Waals surface area contributed by atoms with Crippen molar-refractivity contribution in [3.8, 4) is 17.2 Å². The van der Waals surface area contributed by atoms with Gasteiger partial charge >= 0.3 is 0 Å². The molecule has 15 heteroatoms. The first-order chi connectivity index (χ1) is 23.5. The van der Waals surface area contributed by atoms with Gasteiger partial charge in [0.25, 0.3) is 11.8 Å². The number of hydroxylamine groups is 4. The van der Waals surface area contributed by atoms with Gasteiger partial charge in [-0.1, -0.05) is 51.2 Å². The van der Waals surface area contributed by atoms with Crippen LogP contribution < -0.4 is 16.0 Å². The molecule has 3 rings (SSSR count). The van der Waals surface area contributed by atoms with Crippen LogP contribution in [0.2, 0.25) is 0 Å². The molecule has 0 saturated carbocycles. The number of benzene rings is 1. The van der Waals surface area contributed by atoms with E-state index >= 15 is 0 Å². The van der Waals surface area contributed by atoms with Gasteiger partial charge in [0.2, 0.25) is 24.1 Å². The molecule has 1 aliphatic rings. The zero-order chi connectivity index (χ0) is 35.8. The van der Waals surface area contributed by atoms with Crippen LogP contribution in [-0.4, -0.2) is 91.9 Å². The zero-order valence-electron chi connectivity index (χ0n) is 28.4. The second-order valence-corrected chi connectivity index (χ2v) is 12.4. The third kappa shape index (κ3) is 12.5. The molecule has 1 saturated heterocycles. The lowest BCUT2D eigenvalue weighted by molar-refractivity contribution is -0.167. The summed E-state index contributed by atoms with van der Waals surface area (Å²) in [7, 11) is 0. The van der Waals surface area contributed by atoms with E-state index in [1.54, 1.807) is 18.2 Å². The Morgan fingerprint density at radius 2 is 1.82 bits per heavy atom. The van der Waals surface area contributed by atoms with E-state index < -0.39 is 41.8 Å². The summed E-state index contributed by atoms with van der Waals surface area (Å²) < 4.78 is 5.66. The van der Waals surface area contributed by atoms with E-state index in [1.807, 2.05) is 0 Å². The Bertz CT molecular complexity index is 1400. The number of para-hydroxylation sites is 1. The lowest BCUT2D eigenvalue weighted by Gasteiger charge is -2.25. The van der Waals surface area contributed by atoms with E-state index in [1.165, 1.54) is 13.0 Å². The molecule has 6 N–H and O–H groups in total. The van der Waals surface area contributed by atoms with Crippen molar-refractivity contribution in [2.45, 2.75) is 115 Å². The number of oxazole rings is 1. The molecule has 1 aliphatic heterocycles. The molecule has 1 fully saturated rings. The van der Waals surface area contributed by atoms with Crippen LogP contribution in [0, 0.1) is 6.92 Å². The number of nitrogens with one attached hydrogen (secondary N) is 3. The lowest BCUT2D eigenvalue weighted by Crippen LogP contribution is -2.52. The molecule has 49 heavy (non-hydrogen) atoms. The normalized spacial score (nSPS) is 16.0. The summed E-state index contributed by atoms with van der Waals surface area (Å²) in [6, 6.07) is 3.83. The summed E-state index contributed by atoms with van der Waals surface area (Å²) in [5.41, 5.74) is 0.219. The second-order valence-electron chi connectivity index (χ2n) is 12.4. The van der Waals surface area contributed by atoms with Crippen molar-refractivity contribution >= 4 is 30.0 Å². The Hall–Kier alpha value is -4.50. The number of hydrogen-bond donors (Lipinski definition) is 6. The number of carbonyl (C=O) groups is 5. The van der Waals surface area contributed by atoms with E-state index in [4.69, 9.17) is 4.42 Å². The molecule has 0 spiro atoms. The van der Waals surface area contributed by atoms with Crippen LogP contribution in [0.1, 0.15) is 107 Å². The first-order valence-electron chi connectivity index (χ1n) is 17.1. The van der Waals surface area contributed by atoms with Gasteiger partial charge < -0.3 is 25.5 Å². The van der Waals surface area contributed by atoms with E-state index in [2.05, 4.69) is 27.9 Å². The fourth-order valence-corrected chi connectivity index (χ4v) is 5.70. The molecule has 0 unspecified atom stereocenters. The largest absolute Gasteiger partial charge is 0.507 e. The third-order valence-electron chi connectivity index (χ3n) is 8.45. The zero-order valence-corrected chi connectivity index (χ0v) is 28.4. The summed E-state index contributed by atoms with van der Waals surface area (Å²) in [5.74, 6) is -2.11. The number of hydrogen-bond acceptors (Lipinski definition) is 10. The Labute approximate surface area is 286 Å². The smallest absolute Gasteiger partial charge is 0.274 e. The maximum atomic E-state index is 13.8. The highest BCUT2D eigenvalue weighted by Gasteiger charge is 2.30. The molecule has 5 amide bonds. The van der Waals surface area contributed by atoms with E-state index in [0.29, 0.717) is 54.2 Å². The van der Waals surface area contributed by atoms with Gasteiger partial charge in [-0.25, -0.2) is 15.1 Å². The van der Waals surface area contributed by atoms with Gasteiger partial charge in [-0.3, -0.25) is 34.4 Å². The van der Waals surface area contributed by atoms with Crippen LogP contribution in [0.4, 0.5) is 0 Å². The first-order valence-corrected chi connectivity index (χ1v) is 17.1. The van der Waals surface area contributed by atoms with Crippen molar-refractivity contribution in [1.29, 1.82) is 0 Å². The molecule has 0 radical (unpaired) electrons. The van der Waals surface area contributed by atoms with Crippen LogP contribution in [0.3, 0.4) is 0 Å². The van der Waals surface area contributed by atoms with E-state index in [9.17, 15) is 39.5 Å². The third-order valence-corrected chi connectivity index (χ3v) is 8.45. The highest BCUT2D eigenvalue weighted by Crippen LogP contribution is 2.29. The maximum Gasteiger partial charge on any atom is 0.274 e. The van der Waals surface area contributed by atoms with Gasteiger partial charge in [0.05, 0.1) is 5.56 Å². The fraction of sp³-hybridized carbons (Fsp3) is 0.588. The van der Waals surface area contributed by atoms with Gasteiger partial charge in [0.1, 0.15) is 23.6 Å². The number of aryl methyl sites for hydroxylation is 1. The Kier molecular flexibility index (Phi) is 16.0. The van der Waals surface area contributed by atoms with E-state index in [-0.39, 0.29) is 55.4 Å². The molecule has 3 atom stereocenters. The number of phenols is 1. The molecule has 15 nitrogen and oxygen atoms in total. The summed E-state index contributed by atoms with van der Waals surface area (Å²) in [4.78, 5) is 67.9. The monoisotopic (exact) mass is 686 g/mol.